The number of hydrogen-bond acceptors (Lipinski definition) is 0. The van der Waals surface area contributed by atoms with Crippen LogP contribution in [0.2, 0.25) is 11.6 Å². The minimum absolute atomic E-state index is 0.251. The number of benzene rings is 1. The summed E-state index contributed by atoms with van der Waals surface area (Å²) in [5.41, 5.74) is 2.11. The standard InChI is InChI=1S/C31H49BTe/c1-2-3-8-25-30(33-29-23-15-7-16-24-29)31(26-17-9-4-10-18-26)32(27-19-11-5-12-20-27)28-21-13-6-14-22-28/h7,15-16,23-24,26-28H,2-6,8-14,17-22,25H2,1H3/b31-30-. The van der Waals surface area contributed by atoms with E-state index in [-0.39, 0.29) is 20.9 Å². The molecule has 0 amide bonds. The second-order valence-electron chi connectivity index (χ2n) is 11.4. The van der Waals surface area contributed by atoms with Gasteiger partial charge in [0.2, 0.25) is 0 Å². The van der Waals surface area contributed by atoms with Crippen molar-refractivity contribution in [3.05, 3.63) is 39.4 Å². The van der Waals surface area contributed by atoms with Gasteiger partial charge in [0.05, 0.1) is 0 Å². The van der Waals surface area contributed by atoms with Crippen molar-refractivity contribution in [1.29, 1.82) is 0 Å². The van der Waals surface area contributed by atoms with Gasteiger partial charge in [-0.3, -0.25) is 0 Å². The summed E-state index contributed by atoms with van der Waals surface area (Å²) in [4.78, 5) is 0. The Hall–Kier alpha value is -0.185. The van der Waals surface area contributed by atoms with Crippen molar-refractivity contribution >= 4 is 31.2 Å². The Kier molecular flexibility index (Phi) is 11.3. The van der Waals surface area contributed by atoms with E-state index in [4.69, 9.17) is 0 Å². The average Bonchev–Trinajstić information content (AvgIpc) is 2.89. The molecule has 0 saturated heterocycles. The molecule has 0 unspecified atom stereocenters. The van der Waals surface area contributed by atoms with Crippen LogP contribution in [0.15, 0.2) is 39.4 Å². The summed E-state index contributed by atoms with van der Waals surface area (Å²) in [6.45, 7) is 3.32. The molecule has 0 nitrogen and oxygen atoms in total. The Labute approximate surface area is 216 Å². The molecule has 0 bridgehead atoms. The molecule has 3 aliphatic carbocycles. The fraction of sp³-hybridized carbons (Fsp3) is 0.742. The van der Waals surface area contributed by atoms with Crippen molar-refractivity contribution in [2.75, 3.05) is 0 Å². The van der Waals surface area contributed by atoms with Crippen LogP contribution in [0, 0.1) is 5.92 Å². The van der Waals surface area contributed by atoms with Crippen molar-refractivity contribution in [1.82, 2.24) is 0 Å². The van der Waals surface area contributed by atoms with Crippen molar-refractivity contribution < 1.29 is 0 Å². The van der Waals surface area contributed by atoms with E-state index in [0.29, 0.717) is 0 Å². The van der Waals surface area contributed by atoms with Crippen LogP contribution in [0.3, 0.4) is 0 Å². The van der Waals surface area contributed by atoms with E-state index in [2.05, 4.69) is 42.7 Å². The summed E-state index contributed by atoms with van der Waals surface area (Å²) in [5, 5.41) is 0. The molecule has 182 valence electrons. The molecular formula is C31H49BTe. The molecular weight excluding hydrogens is 511 g/mol. The van der Waals surface area contributed by atoms with Gasteiger partial charge in [-0.2, -0.15) is 0 Å². The Balaban J connectivity index is 1.75. The van der Waals surface area contributed by atoms with Gasteiger partial charge < -0.3 is 0 Å². The van der Waals surface area contributed by atoms with E-state index in [0.717, 1.165) is 24.3 Å². The fourth-order valence-corrected chi connectivity index (χ4v) is 11.0. The Morgan fingerprint density at radius 3 is 1.82 bits per heavy atom. The third-order valence-electron chi connectivity index (χ3n) is 9.03. The molecule has 33 heavy (non-hydrogen) atoms. The van der Waals surface area contributed by atoms with Gasteiger partial charge in [0.15, 0.2) is 0 Å². The van der Waals surface area contributed by atoms with Gasteiger partial charge in [-0.1, -0.05) is 0 Å². The Bertz CT molecular complexity index is 675. The predicted octanol–water partition coefficient (Wildman–Crippen LogP) is 9.13. The first-order valence-electron chi connectivity index (χ1n) is 14.8. The van der Waals surface area contributed by atoms with Crippen LogP contribution in [-0.2, 0) is 0 Å². The average molecular weight is 560 g/mol. The van der Waals surface area contributed by atoms with Gasteiger partial charge in [0.1, 0.15) is 0 Å². The van der Waals surface area contributed by atoms with Crippen LogP contribution in [0.4, 0.5) is 0 Å². The SMILES string of the molecule is CCCCC/C([Te]c1ccccc1)=C(/B(C1CCCCC1)C1CCCCC1)C1CCCCC1. The summed E-state index contributed by atoms with van der Waals surface area (Å²) >= 11 is -0.251. The van der Waals surface area contributed by atoms with Crippen LogP contribution >= 0.6 is 0 Å². The molecule has 3 aliphatic rings. The van der Waals surface area contributed by atoms with E-state index in [1.807, 2.05) is 3.62 Å². The first-order chi connectivity index (χ1) is 16.4. The van der Waals surface area contributed by atoms with Gasteiger partial charge in [-0.25, -0.2) is 0 Å². The van der Waals surface area contributed by atoms with Crippen LogP contribution in [0.1, 0.15) is 129 Å². The van der Waals surface area contributed by atoms with E-state index in [1.54, 1.807) is 3.61 Å². The van der Waals surface area contributed by atoms with Crippen molar-refractivity contribution in [3.8, 4) is 0 Å². The second-order valence-corrected chi connectivity index (χ2v) is 14.7. The van der Waals surface area contributed by atoms with Crippen LogP contribution in [-0.4, -0.2) is 27.6 Å². The molecule has 2 heteroatoms. The van der Waals surface area contributed by atoms with E-state index in [9.17, 15) is 0 Å². The summed E-state index contributed by atoms with van der Waals surface area (Å²) in [5.74, 6) is 2.93. The maximum absolute atomic E-state index is 2.46. The fourth-order valence-electron chi connectivity index (χ4n) is 7.40. The molecule has 0 atom stereocenters. The molecule has 0 spiro atoms. The molecule has 0 aromatic heterocycles. The molecule has 0 heterocycles. The van der Waals surface area contributed by atoms with Gasteiger partial charge in [-0.05, 0) is 0 Å². The first-order valence-corrected chi connectivity index (χ1v) is 17.2. The van der Waals surface area contributed by atoms with Crippen molar-refractivity contribution in [2.24, 2.45) is 5.92 Å². The van der Waals surface area contributed by atoms with Crippen LogP contribution in [0.25, 0.3) is 0 Å². The number of hydrogen-bond donors (Lipinski definition) is 0. The predicted molar refractivity (Wildman–Crippen MR) is 149 cm³/mol. The summed E-state index contributed by atoms with van der Waals surface area (Å²) in [6, 6.07) is 11.7. The maximum atomic E-state index is 2.46. The molecule has 0 aliphatic heterocycles. The molecule has 0 radical (unpaired) electrons. The van der Waals surface area contributed by atoms with Gasteiger partial charge in [-0.15, -0.1) is 0 Å². The van der Waals surface area contributed by atoms with Gasteiger partial charge in [0, 0.05) is 0 Å². The Morgan fingerprint density at radius 1 is 0.727 bits per heavy atom. The van der Waals surface area contributed by atoms with Gasteiger partial charge in [0.25, 0.3) is 0 Å². The molecule has 1 aromatic rings. The number of unbranched alkanes of at least 4 members (excludes halogenated alkanes) is 2. The van der Waals surface area contributed by atoms with E-state index in [1.165, 1.54) is 122 Å². The third kappa shape index (κ3) is 7.65. The quantitative estimate of drug-likeness (QED) is 0.198. The summed E-state index contributed by atoms with van der Waals surface area (Å²) < 4.78 is 3.72. The molecule has 4 rings (SSSR count). The first kappa shape index (κ1) is 25.9. The molecule has 0 N–H and O–H groups in total. The molecule has 3 saturated carbocycles. The normalized spacial score (nSPS) is 22.2. The third-order valence-corrected chi connectivity index (χ3v) is 12.4. The number of rotatable bonds is 10. The topological polar surface area (TPSA) is 0 Å². The van der Waals surface area contributed by atoms with Crippen molar-refractivity contribution in [3.63, 3.8) is 0 Å². The van der Waals surface area contributed by atoms with Crippen LogP contribution in [0.5, 0.6) is 0 Å². The minimum atomic E-state index is -0.251. The van der Waals surface area contributed by atoms with E-state index < -0.39 is 0 Å². The van der Waals surface area contributed by atoms with Crippen molar-refractivity contribution in [2.45, 2.75) is 141 Å². The zero-order chi connectivity index (χ0) is 22.7. The summed E-state index contributed by atoms with van der Waals surface area (Å²) in [6.07, 6.45) is 28.3. The van der Waals surface area contributed by atoms with Crippen LogP contribution < -0.4 is 3.61 Å². The summed E-state index contributed by atoms with van der Waals surface area (Å²) in [7, 11) is 0. The zero-order valence-corrected chi connectivity index (χ0v) is 23.9. The number of allylic oxidation sites excluding steroid dienone is 2. The second kappa shape index (κ2) is 14.4. The monoisotopic (exact) mass is 562 g/mol. The molecule has 3 fully saturated rings. The Morgan fingerprint density at radius 2 is 1.27 bits per heavy atom. The van der Waals surface area contributed by atoms with E-state index >= 15 is 0 Å². The van der Waals surface area contributed by atoms with Gasteiger partial charge >= 0.3 is 217 Å². The zero-order valence-electron chi connectivity index (χ0n) is 21.5. The molecule has 1 aromatic carbocycles.